The molecule has 0 aromatic heterocycles. The van der Waals surface area contributed by atoms with Crippen molar-refractivity contribution >= 4 is 27.7 Å². The molecule has 18 heavy (non-hydrogen) atoms. The molecule has 4 heteroatoms. The van der Waals surface area contributed by atoms with Crippen LogP contribution in [0.1, 0.15) is 17.5 Å². The van der Waals surface area contributed by atoms with Gasteiger partial charge in [0.2, 0.25) is 0 Å². The van der Waals surface area contributed by atoms with Gasteiger partial charge in [-0.3, -0.25) is 0 Å². The monoisotopic (exact) mass is 327 g/mol. The van der Waals surface area contributed by atoms with E-state index >= 15 is 0 Å². The van der Waals surface area contributed by atoms with Crippen LogP contribution in [0, 0.1) is 5.92 Å². The first-order valence-corrected chi connectivity index (χ1v) is 8.50. The van der Waals surface area contributed by atoms with E-state index in [1.165, 1.54) is 33.5 Å². The van der Waals surface area contributed by atoms with Gasteiger partial charge in [-0.05, 0) is 48.1 Å². The molecular weight excluding hydrogens is 310 g/mol. The minimum absolute atomic E-state index is 0.831. The van der Waals surface area contributed by atoms with Crippen LogP contribution in [0.15, 0.2) is 16.6 Å². The molecule has 1 fully saturated rings. The van der Waals surface area contributed by atoms with Crippen molar-refractivity contribution in [2.45, 2.75) is 19.4 Å². The number of nitrogens with one attached hydrogen (secondary N) is 1. The molecule has 0 amide bonds. The summed E-state index contributed by atoms with van der Waals surface area (Å²) >= 11 is 5.67. The van der Waals surface area contributed by atoms with Crippen LogP contribution in [0.3, 0.4) is 0 Å². The summed E-state index contributed by atoms with van der Waals surface area (Å²) < 4.78 is 6.91. The molecule has 0 bridgehead atoms. The van der Waals surface area contributed by atoms with Crippen LogP contribution in [0.4, 0.5) is 0 Å². The van der Waals surface area contributed by atoms with Crippen molar-refractivity contribution in [3.8, 4) is 5.75 Å². The second kappa shape index (κ2) is 5.85. The van der Waals surface area contributed by atoms with Crippen LogP contribution >= 0.6 is 27.7 Å². The smallest absolute Gasteiger partial charge is 0.127 e. The van der Waals surface area contributed by atoms with Gasteiger partial charge in [-0.1, -0.05) is 15.9 Å². The molecule has 2 aliphatic heterocycles. The summed E-state index contributed by atoms with van der Waals surface area (Å²) in [6, 6.07) is 4.36. The molecule has 2 nitrogen and oxygen atoms in total. The number of fused-ring (bicyclic) bond motifs is 1. The molecular formula is C14H18BrNOS. The first-order valence-electron chi connectivity index (χ1n) is 6.55. The molecule has 3 rings (SSSR count). The lowest BCUT2D eigenvalue weighted by molar-refractivity contribution is 0.352. The van der Waals surface area contributed by atoms with E-state index in [-0.39, 0.29) is 0 Å². The Hall–Kier alpha value is -0.190. The van der Waals surface area contributed by atoms with E-state index in [1.54, 1.807) is 0 Å². The van der Waals surface area contributed by atoms with E-state index in [9.17, 15) is 0 Å². The van der Waals surface area contributed by atoms with Gasteiger partial charge in [0, 0.05) is 23.0 Å². The Bertz CT molecular complexity index is 432. The lowest BCUT2D eigenvalue weighted by Gasteiger charge is -2.12. The highest BCUT2D eigenvalue weighted by atomic mass is 79.9. The van der Waals surface area contributed by atoms with Gasteiger partial charge < -0.3 is 10.1 Å². The first-order chi connectivity index (χ1) is 8.83. The van der Waals surface area contributed by atoms with E-state index in [1.807, 2.05) is 0 Å². The normalized spacial score (nSPS) is 21.9. The summed E-state index contributed by atoms with van der Waals surface area (Å²) in [5.41, 5.74) is 2.64. The molecule has 2 heterocycles. The summed E-state index contributed by atoms with van der Waals surface area (Å²) in [4.78, 5) is 0. The molecule has 1 unspecified atom stereocenters. The maximum absolute atomic E-state index is 5.74. The van der Waals surface area contributed by atoms with Gasteiger partial charge in [-0.2, -0.15) is 11.8 Å². The third-order valence-electron chi connectivity index (χ3n) is 3.60. The van der Waals surface area contributed by atoms with Crippen molar-refractivity contribution < 1.29 is 4.74 Å². The van der Waals surface area contributed by atoms with Gasteiger partial charge in [0.05, 0.1) is 6.61 Å². The first kappa shape index (κ1) is 12.8. The second-order valence-corrected chi connectivity index (χ2v) is 7.08. The van der Waals surface area contributed by atoms with Crippen molar-refractivity contribution in [3.05, 3.63) is 27.7 Å². The average molecular weight is 328 g/mol. The molecule has 1 atom stereocenters. The number of benzene rings is 1. The predicted molar refractivity (Wildman–Crippen MR) is 80.5 cm³/mol. The topological polar surface area (TPSA) is 21.3 Å². The highest BCUT2D eigenvalue weighted by molar-refractivity contribution is 9.10. The predicted octanol–water partition coefficient (Wildman–Crippen LogP) is 3.23. The fourth-order valence-electron chi connectivity index (χ4n) is 2.63. The van der Waals surface area contributed by atoms with Crippen LogP contribution < -0.4 is 10.1 Å². The minimum atomic E-state index is 0.831. The number of ether oxygens (including phenoxy) is 1. The number of hydrogen-bond acceptors (Lipinski definition) is 3. The van der Waals surface area contributed by atoms with Gasteiger partial charge >= 0.3 is 0 Å². The van der Waals surface area contributed by atoms with Crippen LogP contribution in [-0.2, 0) is 13.0 Å². The summed E-state index contributed by atoms with van der Waals surface area (Å²) in [6.45, 7) is 2.88. The van der Waals surface area contributed by atoms with Crippen molar-refractivity contribution in [1.29, 1.82) is 0 Å². The quantitative estimate of drug-likeness (QED) is 0.917. The zero-order valence-electron chi connectivity index (χ0n) is 10.4. The van der Waals surface area contributed by atoms with E-state index in [2.05, 4.69) is 45.1 Å². The van der Waals surface area contributed by atoms with Crippen molar-refractivity contribution in [1.82, 2.24) is 5.32 Å². The van der Waals surface area contributed by atoms with Crippen LogP contribution in [0.5, 0.6) is 5.75 Å². The lowest BCUT2D eigenvalue weighted by Crippen LogP contribution is -2.22. The van der Waals surface area contributed by atoms with Gasteiger partial charge in [-0.15, -0.1) is 0 Å². The third kappa shape index (κ3) is 2.86. The number of thioether (sulfide) groups is 1. The van der Waals surface area contributed by atoms with Gasteiger partial charge in [0.1, 0.15) is 5.75 Å². The Labute approximate surface area is 121 Å². The molecule has 0 spiro atoms. The molecule has 1 aromatic carbocycles. The fourth-order valence-corrected chi connectivity index (χ4v) is 4.47. The molecule has 0 radical (unpaired) electrons. The molecule has 0 saturated carbocycles. The maximum atomic E-state index is 5.74. The Balaban J connectivity index is 1.61. The van der Waals surface area contributed by atoms with Crippen molar-refractivity contribution in [2.24, 2.45) is 5.92 Å². The summed E-state index contributed by atoms with van der Waals surface area (Å²) in [6.07, 6.45) is 2.41. The SMILES string of the molecule is Brc1cc2c(c(CNCC3CCSC3)c1)OCC2. The Morgan fingerprint density at radius 2 is 2.39 bits per heavy atom. The molecule has 1 N–H and O–H groups in total. The number of rotatable bonds is 4. The Morgan fingerprint density at radius 3 is 3.22 bits per heavy atom. The minimum Gasteiger partial charge on any atom is -0.493 e. The lowest BCUT2D eigenvalue weighted by atomic mass is 10.1. The largest absolute Gasteiger partial charge is 0.493 e. The standard InChI is InChI=1S/C14H18BrNOS/c15-13-5-11-1-3-17-14(11)12(6-13)8-16-7-10-2-4-18-9-10/h5-6,10,16H,1-4,7-9H2. The zero-order chi connectivity index (χ0) is 12.4. The number of hydrogen-bond donors (Lipinski definition) is 1. The highest BCUT2D eigenvalue weighted by Gasteiger charge is 2.18. The van der Waals surface area contributed by atoms with E-state index in [4.69, 9.17) is 4.74 Å². The summed E-state index contributed by atoms with van der Waals surface area (Å²) in [5, 5.41) is 3.59. The van der Waals surface area contributed by atoms with Crippen molar-refractivity contribution in [3.63, 3.8) is 0 Å². The summed E-state index contributed by atoms with van der Waals surface area (Å²) in [5.74, 6) is 4.63. The maximum Gasteiger partial charge on any atom is 0.127 e. The van der Waals surface area contributed by atoms with Gasteiger partial charge in [0.25, 0.3) is 0 Å². The molecule has 98 valence electrons. The van der Waals surface area contributed by atoms with Crippen LogP contribution in [0.25, 0.3) is 0 Å². The molecule has 1 aromatic rings. The molecule has 1 saturated heterocycles. The highest BCUT2D eigenvalue weighted by Crippen LogP contribution is 2.33. The van der Waals surface area contributed by atoms with E-state index in [0.717, 1.165) is 37.8 Å². The second-order valence-electron chi connectivity index (χ2n) is 5.01. The average Bonchev–Trinajstić information content (AvgIpc) is 2.98. The molecule has 2 aliphatic rings. The van der Waals surface area contributed by atoms with Gasteiger partial charge in [-0.25, -0.2) is 0 Å². The van der Waals surface area contributed by atoms with Crippen molar-refractivity contribution in [2.75, 3.05) is 24.7 Å². The van der Waals surface area contributed by atoms with E-state index in [0.29, 0.717) is 0 Å². The third-order valence-corrected chi connectivity index (χ3v) is 5.29. The zero-order valence-corrected chi connectivity index (χ0v) is 12.8. The van der Waals surface area contributed by atoms with Crippen LogP contribution in [0.2, 0.25) is 0 Å². The summed E-state index contributed by atoms with van der Waals surface area (Å²) in [7, 11) is 0. The Morgan fingerprint density at radius 1 is 1.44 bits per heavy atom. The van der Waals surface area contributed by atoms with Gasteiger partial charge in [0.15, 0.2) is 0 Å². The number of halogens is 1. The van der Waals surface area contributed by atoms with E-state index < -0.39 is 0 Å². The fraction of sp³-hybridized carbons (Fsp3) is 0.571. The van der Waals surface area contributed by atoms with Crippen LogP contribution in [-0.4, -0.2) is 24.7 Å². The Kier molecular flexibility index (Phi) is 4.16. The molecule has 0 aliphatic carbocycles.